The third kappa shape index (κ3) is 2.78. The monoisotopic (exact) mass is 198 g/mol. The molecule has 2 nitrogen and oxygen atoms in total. The summed E-state index contributed by atoms with van der Waals surface area (Å²) in [6.45, 7) is 6.43. The lowest BCUT2D eigenvalue weighted by molar-refractivity contribution is 0.511. The topological polar surface area (TPSA) is 38.9 Å². The third-order valence-corrected chi connectivity index (χ3v) is 3.07. The van der Waals surface area contributed by atoms with Crippen molar-refractivity contribution in [1.29, 1.82) is 0 Å². The maximum atomic E-state index is 6.00. The second kappa shape index (κ2) is 4.72. The average molecular weight is 198 g/mol. The first-order chi connectivity index (χ1) is 6.15. The summed E-state index contributed by atoms with van der Waals surface area (Å²) in [5.41, 5.74) is 7.19. The van der Waals surface area contributed by atoms with Gasteiger partial charge in [0.25, 0.3) is 0 Å². The standard InChI is InChI=1S/C10H18N2S/c1-4-5-8-6-13-10(12-8)9(11)7(2)3/h6-7,9H,4-5,11H2,1-3H3. The summed E-state index contributed by atoms with van der Waals surface area (Å²) in [6.07, 6.45) is 2.22. The van der Waals surface area contributed by atoms with Crippen LogP contribution in [-0.4, -0.2) is 4.98 Å². The molecule has 1 aromatic rings. The molecule has 74 valence electrons. The van der Waals surface area contributed by atoms with E-state index in [0.29, 0.717) is 5.92 Å². The normalized spacial score (nSPS) is 13.6. The highest BCUT2D eigenvalue weighted by molar-refractivity contribution is 7.09. The smallest absolute Gasteiger partial charge is 0.110 e. The summed E-state index contributed by atoms with van der Waals surface area (Å²) >= 11 is 1.69. The molecule has 1 atom stereocenters. The number of nitrogens with two attached hydrogens (primary N) is 1. The average Bonchev–Trinajstić information content (AvgIpc) is 2.52. The van der Waals surface area contributed by atoms with E-state index in [0.717, 1.165) is 17.8 Å². The Morgan fingerprint density at radius 1 is 1.54 bits per heavy atom. The molecule has 1 unspecified atom stereocenters. The molecule has 1 heterocycles. The second-order valence-corrected chi connectivity index (χ2v) is 4.59. The summed E-state index contributed by atoms with van der Waals surface area (Å²) in [4.78, 5) is 4.51. The molecule has 1 aromatic heterocycles. The maximum Gasteiger partial charge on any atom is 0.110 e. The van der Waals surface area contributed by atoms with E-state index in [2.05, 4.69) is 31.1 Å². The highest BCUT2D eigenvalue weighted by Gasteiger charge is 2.13. The van der Waals surface area contributed by atoms with Gasteiger partial charge in [0.15, 0.2) is 0 Å². The Morgan fingerprint density at radius 2 is 2.23 bits per heavy atom. The van der Waals surface area contributed by atoms with Crippen LogP contribution in [0.25, 0.3) is 0 Å². The fraction of sp³-hybridized carbons (Fsp3) is 0.700. The van der Waals surface area contributed by atoms with E-state index in [-0.39, 0.29) is 6.04 Å². The minimum absolute atomic E-state index is 0.107. The van der Waals surface area contributed by atoms with Crippen molar-refractivity contribution >= 4 is 11.3 Å². The van der Waals surface area contributed by atoms with Crippen LogP contribution in [0.4, 0.5) is 0 Å². The summed E-state index contributed by atoms with van der Waals surface area (Å²) in [5, 5.41) is 3.21. The van der Waals surface area contributed by atoms with Gasteiger partial charge in [-0.25, -0.2) is 4.98 Å². The molecule has 1 rings (SSSR count). The van der Waals surface area contributed by atoms with Gasteiger partial charge in [-0.15, -0.1) is 11.3 Å². The van der Waals surface area contributed by atoms with Crippen molar-refractivity contribution in [3.05, 3.63) is 16.1 Å². The number of aromatic nitrogens is 1. The van der Waals surface area contributed by atoms with Crippen molar-refractivity contribution in [3.63, 3.8) is 0 Å². The van der Waals surface area contributed by atoms with Gasteiger partial charge in [0.1, 0.15) is 5.01 Å². The molecule has 0 amide bonds. The van der Waals surface area contributed by atoms with E-state index < -0.39 is 0 Å². The SMILES string of the molecule is CCCc1csc(C(N)C(C)C)n1. The number of rotatable bonds is 4. The Bertz CT molecular complexity index is 255. The molecule has 0 aliphatic carbocycles. The molecule has 0 aromatic carbocycles. The summed E-state index contributed by atoms with van der Waals surface area (Å²) in [7, 11) is 0. The van der Waals surface area contributed by atoms with Gasteiger partial charge in [0, 0.05) is 5.38 Å². The molecule has 0 spiro atoms. The predicted molar refractivity (Wildman–Crippen MR) is 57.9 cm³/mol. The summed E-state index contributed by atoms with van der Waals surface area (Å²) < 4.78 is 0. The predicted octanol–water partition coefficient (Wildman–Crippen LogP) is 2.75. The zero-order valence-electron chi connectivity index (χ0n) is 8.58. The van der Waals surface area contributed by atoms with Gasteiger partial charge in [0.2, 0.25) is 0 Å². The van der Waals surface area contributed by atoms with Gasteiger partial charge in [0.05, 0.1) is 11.7 Å². The zero-order valence-corrected chi connectivity index (χ0v) is 9.40. The van der Waals surface area contributed by atoms with Crippen molar-refractivity contribution in [2.75, 3.05) is 0 Å². The van der Waals surface area contributed by atoms with Crippen LogP contribution in [-0.2, 0) is 6.42 Å². The van der Waals surface area contributed by atoms with Gasteiger partial charge in [-0.1, -0.05) is 27.2 Å². The Labute approximate surface area is 84.2 Å². The van der Waals surface area contributed by atoms with Crippen molar-refractivity contribution in [2.45, 2.75) is 39.7 Å². The molecule has 13 heavy (non-hydrogen) atoms. The Morgan fingerprint density at radius 3 is 2.77 bits per heavy atom. The minimum atomic E-state index is 0.107. The van der Waals surface area contributed by atoms with Crippen molar-refractivity contribution in [1.82, 2.24) is 4.98 Å². The summed E-state index contributed by atoms with van der Waals surface area (Å²) in [6, 6.07) is 0.107. The van der Waals surface area contributed by atoms with E-state index in [1.165, 1.54) is 5.69 Å². The fourth-order valence-corrected chi connectivity index (χ4v) is 2.16. The lowest BCUT2D eigenvalue weighted by Gasteiger charge is -2.11. The van der Waals surface area contributed by atoms with Crippen molar-refractivity contribution < 1.29 is 0 Å². The number of hydrogen-bond donors (Lipinski definition) is 1. The van der Waals surface area contributed by atoms with Crippen molar-refractivity contribution in [3.8, 4) is 0 Å². The lowest BCUT2D eigenvalue weighted by atomic mass is 10.1. The number of nitrogens with zero attached hydrogens (tertiary/aromatic N) is 1. The van der Waals surface area contributed by atoms with Gasteiger partial charge in [-0.2, -0.15) is 0 Å². The maximum absolute atomic E-state index is 6.00. The van der Waals surface area contributed by atoms with Crippen LogP contribution in [0.3, 0.4) is 0 Å². The van der Waals surface area contributed by atoms with Crippen LogP contribution in [0, 0.1) is 5.92 Å². The summed E-state index contributed by atoms with van der Waals surface area (Å²) in [5.74, 6) is 0.473. The van der Waals surface area contributed by atoms with E-state index in [1.807, 2.05) is 0 Å². The molecule has 0 aliphatic heterocycles. The number of hydrogen-bond acceptors (Lipinski definition) is 3. The Hall–Kier alpha value is -0.410. The van der Waals surface area contributed by atoms with E-state index >= 15 is 0 Å². The van der Waals surface area contributed by atoms with Gasteiger partial charge >= 0.3 is 0 Å². The molecule has 0 saturated heterocycles. The first-order valence-corrected chi connectivity index (χ1v) is 5.73. The van der Waals surface area contributed by atoms with Crippen LogP contribution in [0.15, 0.2) is 5.38 Å². The van der Waals surface area contributed by atoms with E-state index in [1.54, 1.807) is 11.3 Å². The lowest BCUT2D eigenvalue weighted by Crippen LogP contribution is -2.16. The molecular formula is C10H18N2S. The molecule has 0 fully saturated rings. The van der Waals surface area contributed by atoms with Gasteiger partial charge in [-0.3, -0.25) is 0 Å². The molecule has 0 aliphatic rings. The molecular weight excluding hydrogens is 180 g/mol. The van der Waals surface area contributed by atoms with Crippen LogP contribution in [0.1, 0.15) is 43.9 Å². The first kappa shape index (κ1) is 10.7. The van der Waals surface area contributed by atoms with Crippen LogP contribution >= 0.6 is 11.3 Å². The molecule has 3 heteroatoms. The van der Waals surface area contributed by atoms with Crippen molar-refractivity contribution in [2.24, 2.45) is 11.7 Å². The quantitative estimate of drug-likeness (QED) is 0.808. The molecule has 0 saturated carbocycles. The van der Waals surface area contributed by atoms with Gasteiger partial charge < -0.3 is 5.73 Å². The molecule has 2 N–H and O–H groups in total. The highest BCUT2D eigenvalue weighted by Crippen LogP contribution is 2.22. The molecule has 0 bridgehead atoms. The van der Waals surface area contributed by atoms with Gasteiger partial charge in [-0.05, 0) is 12.3 Å². The Balaban J connectivity index is 2.67. The zero-order chi connectivity index (χ0) is 9.84. The van der Waals surface area contributed by atoms with Crippen LogP contribution in [0.2, 0.25) is 0 Å². The Kier molecular flexibility index (Phi) is 3.88. The van der Waals surface area contributed by atoms with Crippen LogP contribution in [0.5, 0.6) is 0 Å². The molecule has 0 radical (unpaired) electrons. The minimum Gasteiger partial charge on any atom is -0.322 e. The fourth-order valence-electron chi connectivity index (χ4n) is 1.13. The largest absolute Gasteiger partial charge is 0.322 e. The van der Waals surface area contributed by atoms with E-state index in [9.17, 15) is 0 Å². The third-order valence-electron chi connectivity index (χ3n) is 2.08. The van der Waals surface area contributed by atoms with Crippen LogP contribution < -0.4 is 5.73 Å². The first-order valence-electron chi connectivity index (χ1n) is 4.85. The second-order valence-electron chi connectivity index (χ2n) is 3.70. The highest BCUT2D eigenvalue weighted by atomic mass is 32.1. The number of thiazole rings is 1. The van der Waals surface area contributed by atoms with E-state index in [4.69, 9.17) is 5.73 Å². The number of aryl methyl sites for hydroxylation is 1.